The van der Waals surface area contributed by atoms with Crippen LogP contribution in [-0.4, -0.2) is 21.2 Å². The van der Waals surface area contributed by atoms with Crippen LogP contribution in [0.1, 0.15) is 18.1 Å². The normalized spacial score (nSPS) is 16.3. The summed E-state index contributed by atoms with van der Waals surface area (Å²) in [5.41, 5.74) is 1.32. The van der Waals surface area contributed by atoms with Crippen LogP contribution in [0, 0.1) is 0 Å². The second kappa shape index (κ2) is 6.53. The molecule has 0 saturated carbocycles. The van der Waals surface area contributed by atoms with Gasteiger partial charge in [-0.05, 0) is 37.1 Å². The Kier molecular flexibility index (Phi) is 4.18. The first kappa shape index (κ1) is 17.3. The summed E-state index contributed by atoms with van der Waals surface area (Å²) >= 11 is 0. The molecular weight excluding hydrogens is 355 g/mol. The number of hydrogen-bond donors (Lipinski definition) is 1. The van der Waals surface area contributed by atoms with E-state index in [1.807, 2.05) is 36.1 Å². The summed E-state index contributed by atoms with van der Waals surface area (Å²) in [6.45, 7) is 2.04. The zero-order valence-corrected chi connectivity index (χ0v) is 14.4. The van der Waals surface area contributed by atoms with Gasteiger partial charge in [-0.2, -0.15) is 23.3 Å². The van der Waals surface area contributed by atoms with Crippen LogP contribution in [0.2, 0.25) is 0 Å². The van der Waals surface area contributed by atoms with Gasteiger partial charge in [-0.3, -0.25) is 0 Å². The number of fused-ring (bicyclic) bond motifs is 1. The molecule has 1 atom stereocenters. The molecule has 3 aromatic rings. The van der Waals surface area contributed by atoms with Crippen molar-refractivity contribution in [3.63, 3.8) is 0 Å². The molecule has 1 N–H and O–H groups in total. The molecule has 1 aromatic heterocycles. The third-order valence-corrected chi connectivity index (χ3v) is 4.47. The number of anilines is 4. The Labute approximate surface area is 153 Å². The molecule has 0 saturated heterocycles. The van der Waals surface area contributed by atoms with Gasteiger partial charge in [0, 0.05) is 11.7 Å². The molecule has 8 heteroatoms. The number of hydrogen-bond acceptors (Lipinski definition) is 5. The molecule has 27 heavy (non-hydrogen) atoms. The van der Waals surface area contributed by atoms with Crippen LogP contribution in [0.5, 0.6) is 0 Å². The fourth-order valence-electron chi connectivity index (χ4n) is 3.30. The van der Waals surface area contributed by atoms with Crippen molar-refractivity contribution in [2.45, 2.75) is 25.6 Å². The number of para-hydroxylation sites is 2. The summed E-state index contributed by atoms with van der Waals surface area (Å²) in [6.07, 6.45) is -2.31. The zero-order valence-electron chi connectivity index (χ0n) is 14.4. The fraction of sp³-hybridized carbons (Fsp3) is 0.211. The van der Waals surface area contributed by atoms with E-state index in [0.717, 1.165) is 18.2 Å². The second-order valence-electron chi connectivity index (χ2n) is 6.36. The second-order valence-corrected chi connectivity index (χ2v) is 6.36. The van der Waals surface area contributed by atoms with Gasteiger partial charge in [0.25, 0.3) is 5.95 Å². The highest BCUT2D eigenvalue weighted by Gasteiger charge is 2.33. The number of halogens is 3. The molecule has 5 nitrogen and oxygen atoms in total. The summed E-state index contributed by atoms with van der Waals surface area (Å²) in [4.78, 5) is 6.34. The summed E-state index contributed by atoms with van der Waals surface area (Å²) < 4.78 is 39.6. The summed E-state index contributed by atoms with van der Waals surface area (Å²) in [5.74, 6) is 0.551. The van der Waals surface area contributed by atoms with Crippen molar-refractivity contribution in [3.8, 4) is 0 Å². The molecule has 2 heterocycles. The van der Waals surface area contributed by atoms with Gasteiger partial charge in [0.15, 0.2) is 5.82 Å². The third-order valence-electron chi connectivity index (χ3n) is 4.47. The van der Waals surface area contributed by atoms with Gasteiger partial charge in [0.1, 0.15) is 0 Å². The number of aromatic nitrogens is 3. The van der Waals surface area contributed by atoms with Crippen molar-refractivity contribution in [1.82, 2.24) is 15.2 Å². The zero-order chi connectivity index (χ0) is 19.0. The van der Waals surface area contributed by atoms with Crippen LogP contribution in [0.4, 0.5) is 36.3 Å². The van der Waals surface area contributed by atoms with Gasteiger partial charge in [-0.1, -0.05) is 30.3 Å². The number of rotatable bonds is 3. The molecule has 0 aliphatic carbocycles. The van der Waals surface area contributed by atoms with Gasteiger partial charge in [-0.15, -0.1) is 5.10 Å². The minimum atomic E-state index is -4.46. The molecule has 1 aliphatic heterocycles. The minimum absolute atomic E-state index is 0.0775. The average molecular weight is 371 g/mol. The van der Waals surface area contributed by atoms with Gasteiger partial charge in [0.05, 0.1) is 17.4 Å². The molecular formula is C19H16F3N5. The molecule has 0 spiro atoms. The van der Waals surface area contributed by atoms with E-state index in [1.54, 1.807) is 0 Å². The predicted octanol–water partition coefficient (Wildman–Crippen LogP) is 4.72. The lowest BCUT2D eigenvalue weighted by Crippen LogP contribution is -2.26. The highest BCUT2D eigenvalue weighted by molar-refractivity contribution is 5.68. The van der Waals surface area contributed by atoms with Crippen LogP contribution < -0.4 is 10.2 Å². The van der Waals surface area contributed by atoms with Gasteiger partial charge >= 0.3 is 6.18 Å². The van der Waals surface area contributed by atoms with E-state index < -0.39 is 11.7 Å². The SMILES string of the molecule is CC1Cc2ccccc2N1c1nncc(Nc2ccccc2C(F)(F)F)n1. The topological polar surface area (TPSA) is 53.9 Å². The van der Waals surface area contributed by atoms with E-state index in [1.165, 1.54) is 30.0 Å². The Bertz CT molecular complexity index is 973. The summed E-state index contributed by atoms with van der Waals surface area (Å²) in [7, 11) is 0. The van der Waals surface area contributed by atoms with Gasteiger partial charge in [-0.25, -0.2) is 0 Å². The van der Waals surface area contributed by atoms with Crippen LogP contribution in [0.3, 0.4) is 0 Å². The Morgan fingerprint density at radius 3 is 2.63 bits per heavy atom. The molecule has 138 valence electrons. The van der Waals surface area contributed by atoms with Gasteiger partial charge < -0.3 is 10.2 Å². The maximum atomic E-state index is 13.2. The lowest BCUT2D eigenvalue weighted by Gasteiger charge is -2.22. The van der Waals surface area contributed by atoms with Crippen molar-refractivity contribution in [1.29, 1.82) is 0 Å². The van der Waals surface area contributed by atoms with E-state index in [9.17, 15) is 13.2 Å². The molecule has 0 amide bonds. The van der Waals surface area contributed by atoms with Crippen molar-refractivity contribution in [2.75, 3.05) is 10.2 Å². The molecule has 2 aromatic carbocycles. The highest BCUT2D eigenvalue weighted by atomic mass is 19.4. The van der Waals surface area contributed by atoms with Crippen molar-refractivity contribution < 1.29 is 13.2 Å². The van der Waals surface area contributed by atoms with E-state index in [4.69, 9.17) is 0 Å². The fourth-order valence-corrected chi connectivity index (χ4v) is 3.30. The Hall–Kier alpha value is -3.16. The number of benzene rings is 2. The van der Waals surface area contributed by atoms with Crippen LogP contribution in [-0.2, 0) is 12.6 Å². The molecule has 0 bridgehead atoms. The molecule has 1 aliphatic rings. The van der Waals surface area contributed by atoms with Crippen LogP contribution >= 0.6 is 0 Å². The Morgan fingerprint density at radius 1 is 1.07 bits per heavy atom. The molecule has 1 unspecified atom stereocenters. The summed E-state index contributed by atoms with van der Waals surface area (Å²) in [5, 5.41) is 10.7. The maximum Gasteiger partial charge on any atom is 0.418 e. The first-order valence-electron chi connectivity index (χ1n) is 8.43. The first-order chi connectivity index (χ1) is 12.9. The predicted molar refractivity (Wildman–Crippen MR) is 96.3 cm³/mol. The lowest BCUT2D eigenvalue weighted by molar-refractivity contribution is -0.136. The van der Waals surface area contributed by atoms with Crippen molar-refractivity contribution >= 4 is 23.1 Å². The average Bonchev–Trinajstić information content (AvgIpc) is 2.97. The lowest BCUT2D eigenvalue weighted by atomic mass is 10.1. The smallest absolute Gasteiger partial charge is 0.338 e. The Morgan fingerprint density at radius 2 is 1.81 bits per heavy atom. The van der Waals surface area contributed by atoms with E-state index in [0.29, 0.717) is 5.95 Å². The molecule has 0 radical (unpaired) electrons. The number of alkyl halides is 3. The number of nitrogens with one attached hydrogen (secondary N) is 1. The van der Waals surface area contributed by atoms with Crippen LogP contribution in [0.25, 0.3) is 0 Å². The van der Waals surface area contributed by atoms with Gasteiger partial charge in [0.2, 0.25) is 0 Å². The highest BCUT2D eigenvalue weighted by Crippen LogP contribution is 2.38. The van der Waals surface area contributed by atoms with Crippen LogP contribution in [0.15, 0.2) is 54.7 Å². The molecule has 0 fully saturated rings. The monoisotopic (exact) mass is 371 g/mol. The third kappa shape index (κ3) is 3.30. The number of nitrogens with zero attached hydrogens (tertiary/aromatic N) is 4. The van der Waals surface area contributed by atoms with E-state index in [-0.39, 0.29) is 17.5 Å². The van der Waals surface area contributed by atoms with Crippen molar-refractivity contribution in [3.05, 3.63) is 65.9 Å². The minimum Gasteiger partial charge on any atom is -0.338 e. The summed E-state index contributed by atoms with van der Waals surface area (Å²) in [6, 6.07) is 13.3. The van der Waals surface area contributed by atoms with E-state index in [2.05, 4.69) is 20.5 Å². The quantitative estimate of drug-likeness (QED) is 0.722. The standard InChI is InChI=1S/C19H16F3N5/c1-12-10-13-6-2-5-9-16(13)27(12)18-25-17(11-23-26-18)24-15-8-4-3-7-14(15)19(20,21)22/h2-9,11-12H,10H2,1H3,(H,24,25,26). The first-order valence-corrected chi connectivity index (χ1v) is 8.43. The van der Waals surface area contributed by atoms with Crippen molar-refractivity contribution in [2.24, 2.45) is 0 Å². The largest absolute Gasteiger partial charge is 0.418 e. The molecule has 4 rings (SSSR count). The maximum absolute atomic E-state index is 13.2. The Balaban J connectivity index is 1.67. The van der Waals surface area contributed by atoms with E-state index >= 15 is 0 Å².